The highest BCUT2D eigenvalue weighted by Crippen LogP contribution is 2.43. The Bertz CT molecular complexity index is 610. The molecule has 0 aliphatic rings. The van der Waals surface area contributed by atoms with E-state index in [9.17, 15) is 13.2 Å². The number of halogens is 4. The summed E-state index contributed by atoms with van der Waals surface area (Å²) in [6, 6.07) is 2.47. The molecule has 0 atom stereocenters. The molecular formula is C11H9BrF3N3O. The summed E-state index contributed by atoms with van der Waals surface area (Å²) in [6.45, 7) is 0. The minimum atomic E-state index is -4.53. The average molecular weight is 336 g/mol. The van der Waals surface area contributed by atoms with Crippen LogP contribution in [0, 0.1) is 0 Å². The molecule has 1 heterocycles. The van der Waals surface area contributed by atoms with Crippen LogP contribution in [0.25, 0.3) is 11.1 Å². The lowest BCUT2D eigenvalue weighted by molar-refractivity contribution is -0.138. The Balaban J connectivity index is 2.67. The van der Waals surface area contributed by atoms with Crippen molar-refractivity contribution in [3.05, 3.63) is 28.4 Å². The van der Waals surface area contributed by atoms with E-state index < -0.39 is 11.7 Å². The van der Waals surface area contributed by atoms with E-state index in [1.165, 1.54) is 19.4 Å². The van der Waals surface area contributed by atoms with E-state index in [0.717, 1.165) is 6.07 Å². The number of rotatable bonds is 2. The molecule has 0 aliphatic carbocycles. The highest BCUT2D eigenvalue weighted by atomic mass is 79.9. The van der Waals surface area contributed by atoms with Crippen molar-refractivity contribution in [3.8, 4) is 16.9 Å². The molecule has 0 unspecified atom stereocenters. The third kappa shape index (κ3) is 2.53. The van der Waals surface area contributed by atoms with Crippen molar-refractivity contribution in [2.45, 2.75) is 6.18 Å². The summed E-state index contributed by atoms with van der Waals surface area (Å²) < 4.78 is 43.9. The van der Waals surface area contributed by atoms with Crippen LogP contribution in [0.2, 0.25) is 0 Å². The maximum Gasteiger partial charge on any atom is 0.420 e. The Kier molecular flexibility index (Phi) is 3.44. The molecule has 8 heteroatoms. The van der Waals surface area contributed by atoms with E-state index in [4.69, 9.17) is 10.5 Å². The molecule has 0 radical (unpaired) electrons. The Morgan fingerprint density at radius 1 is 1.37 bits per heavy atom. The summed E-state index contributed by atoms with van der Waals surface area (Å²) in [5.74, 6) is -0.0662. The standard InChI is InChI=1S/C11H9BrF3N3O/c1-19-9-7(11(13,14)15)2-5(3-8(9)12)6-4-17-18-10(6)16/h2-4H,1H3,(H3,16,17,18). The number of benzene rings is 1. The van der Waals surface area contributed by atoms with Crippen LogP contribution in [0.4, 0.5) is 19.0 Å². The smallest absolute Gasteiger partial charge is 0.420 e. The van der Waals surface area contributed by atoms with Crippen LogP contribution in [0.5, 0.6) is 5.75 Å². The third-order valence-corrected chi connectivity index (χ3v) is 3.12. The maximum atomic E-state index is 13.0. The quantitative estimate of drug-likeness (QED) is 0.883. The molecule has 0 amide bonds. The molecule has 102 valence electrons. The number of ether oxygens (including phenoxy) is 1. The van der Waals surface area contributed by atoms with Crippen molar-refractivity contribution in [1.29, 1.82) is 0 Å². The molecule has 3 N–H and O–H groups in total. The first kappa shape index (κ1) is 13.7. The first-order valence-electron chi connectivity index (χ1n) is 5.08. The summed E-state index contributed by atoms with van der Waals surface area (Å²) in [5, 5.41) is 6.16. The summed E-state index contributed by atoms with van der Waals surface area (Å²) in [6.07, 6.45) is -3.16. The van der Waals surface area contributed by atoms with Crippen molar-refractivity contribution in [2.75, 3.05) is 12.8 Å². The Morgan fingerprint density at radius 2 is 2.05 bits per heavy atom. The molecule has 2 rings (SSSR count). The van der Waals surface area contributed by atoms with Crippen LogP contribution in [-0.2, 0) is 6.18 Å². The number of aromatic nitrogens is 2. The van der Waals surface area contributed by atoms with Gasteiger partial charge in [0.05, 0.1) is 23.3 Å². The minimum absolute atomic E-state index is 0.195. The molecule has 0 spiro atoms. The number of hydrogen-bond donors (Lipinski definition) is 2. The van der Waals surface area contributed by atoms with E-state index in [1.807, 2.05) is 0 Å². The first-order chi connectivity index (χ1) is 8.84. The van der Waals surface area contributed by atoms with Gasteiger partial charge in [0.2, 0.25) is 0 Å². The van der Waals surface area contributed by atoms with E-state index in [2.05, 4.69) is 26.1 Å². The fraction of sp³-hybridized carbons (Fsp3) is 0.182. The molecule has 0 saturated heterocycles. The second-order valence-electron chi connectivity index (χ2n) is 3.73. The van der Waals surface area contributed by atoms with E-state index >= 15 is 0 Å². The predicted molar refractivity (Wildman–Crippen MR) is 67.7 cm³/mol. The number of nitrogens with one attached hydrogen (secondary N) is 1. The molecule has 0 bridgehead atoms. The van der Waals surface area contributed by atoms with Gasteiger partial charge >= 0.3 is 6.18 Å². The molecular weight excluding hydrogens is 327 g/mol. The largest absolute Gasteiger partial charge is 0.495 e. The zero-order valence-electron chi connectivity index (χ0n) is 9.68. The molecule has 1 aromatic carbocycles. The number of methoxy groups -OCH3 is 1. The fourth-order valence-electron chi connectivity index (χ4n) is 1.69. The molecule has 1 aromatic heterocycles. The van der Waals surface area contributed by atoms with Crippen LogP contribution in [0.1, 0.15) is 5.56 Å². The Labute approximate surface area is 114 Å². The SMILES string of the molecule is COc1c(Br)cc(-c2cn[nH]c2N)cc1C(F)(F)F. The molecule has 0 fully saturated rings. The Morgan fingerprint density at radius 3 is 2.53 bits per heavy atom. The number of alkyl halides is 3. The van der Waals surface area contributed by atoms with E-state index in [1.54, 1.807) is 0 Å². The van der Waals surface area contributed by atoms with Gasteiger partial charge < -0.3 is 10.5 Å². The van der Waals surface area contributed by atoms with Gasteiger partial charge in [-0.05, 0) is 33.6 Å². The van der Waals surface area contributed by atoms with Gasteiger partial charge in [-0.3, -0.25) is 5.10 Å². The number of hydrogen-bond acceptors (Lipinski definition) is 3. The van der Waals surface area contributed by atoms with Gasteiger partial charge in [0, 0.05) is 5.56 Å². The second kappa shape index (κ2) is 4.76. The van der Waals surface area contributed by atoms with Gasteiger partial charge in [0.25, 0.3) is 0 Å². The van der Waals surface area contributed by atoms with Crippen LogP contribution in [0.15, 0.2) is 22.8 Å². The first-order valence-corrected chi connectivity index (χ1v) is 5.88. The number of nitrogen functional groups attached to an aromatic ring is 1. The molecule has 0 saturated carbocycles. The fourth-order valence-corrected chi connectivity index (χ4v) is 2.32. The third-order valence-electron chi connectivity index (χ3n) is 2.53. The van der Waals surface area contributed by atoms with Gasteiger partial charge in [-0.25, -0.2) is 0 Å². The number of H-pyrrole nitrogens is 1. The maximum absolute atomic E-state index is 13.0. The topological polar surface area (TPSA) is 63.9 Å². The zero-order valence-corrected chi connectivity index (χ0v) is 11.3. The van der Waals surface area contributed by atoms with Gasteiger partial charge in [-0.1, -0.05) is 0 Å². The minimum Gasteiger partial charge on any atom is -0.495 e. The summed E-state index contributed by atoms with van der Waals surface area (Å²) in [5.41, 5.74) is 5.43. The second-order valence-corrected chi connectivity index (χ2v) is 4.59. The molecule has 4 nitrogen and oxygen atoms in total. The van der Waals surface area contributed by atoms with E-state index in [0.29, 0.717) is 11.1 Å². The highest BCUT2D eigenvalue weighted by Gasteiger charge is 2.36. The van der Waals surface area contributed by atoms with E-state index in [-0.39, 0.29) is 16.0 Å². The monoisotopic (exact) mass is 335 g/mol. The lowest BCUT2D eigenvalue weighted by Crippen LogP contribution is -2.08. The molecule has 19 heavy (non-hydrogen) atoms. The van der Waals surface area contributed by atoms with Gasteiger partial charge in [0.1, 0.15) is 11.6 Å². The van der Waals surface area contributed by atoms with Crippen molar-refractivity contribution >= 4 is 21.7 Å². The summed E-state index contributed by atoms with van der Waals surface area (Å²) >= 11 is 3.06. The average Bonchev–Trinajstić information content (AvgIpc) is 2.73. The van der Waals surface area contributed by atoms with Crippen molar-refractivity contribution in [2.24, 2.45) is 0 Å². The van der Waals surface area contributed by atoms with Crippen LogP contribution in [0.3, 0.4) is 0 Å². The predicted octanol–water partition coefficient (Wildman–Crippen LogP) is 3.45. The van der Waals surface area contributed by atoms with Crippen LogP contribution < -0.4 is 10.5 Å². The summed E-state index contributed by atoms with van der Waals surface area (Å²) in [4.78, 5) is 0. The zero-order chi connectivity index (χ0) is 14.2. The number of aromatic amines is 1. The molecule has 2 aromatic rings. The number of nitrogens with zero attached hydrogens (tertiary/aromatic N) is 1. The van der Waals surface area contributed by atoms with Gasteiger partial charge in [-0.15, -0.1) is 0 Å². The summed E-state index contributed by atoms with van der Waals surface area (Å²) in [7, 11) is 1.18. The van der Waals surface area contributed by atoms with Crippen LogP contribution >= 0.6 is 15.9 Å². The highest BCUT2D eigenvalue weighted by molar-refractivity contribution is 9.10. The number of nitrogens with two attached hydrogens (primary N) is 1. The van der Waals surface area contributed by atoms with Crippen LogP contribution in [-0.4, -0.2) is 17.3 Å². The van der Waals surface area contributed by atoms with Crippen molar-refractivity contribution in [3.63, 3.8) is 0 Å². The van der Waals surface area contributed by atoms with Gasteiger partial charge in [0.15, 0.2) is 0 Å². The lowest BCUT2D eigenvalue weighted by Gasteiger charge is -2.15. The van der Waals surface area contributed by atoms with Crippen molar-refractivity contribution in [1.82, 2.24) is 10.2 Å². The lowest BCUT2D eigenvalue weighted by atomic mass is 10.0. The Hall–Kier alpha value is -1.70. The normalized spacial score (nSPS) is 11.6. The van der Waals surface area contributed by atoms with Crippen molar-refractivity contribution < 1.29 is 17.9 Å². The molecule has 0 aliphatic heterocycles. The van der Waals surface area contributed by atoms with Gasteiger partial charge in [-0.2, -0.15) is 18.3 Å². The number of anilines is 1.